The van der Waals surface area contributed by atoms with Crippen LogP contribution in [0.1, 0.15) is 13.3 Å². The highest BCUT2D eigenvalue weighted by Gasteiger charge is 2.33. The van der Waals surface area contributed by atoms with Gasteiger partial charge in [-0.05, 0) is 6.92 Å². The van der Waals surface area contributed by atoms with Gasteiger partial charge in [0.05, 0.1) is 20.1 Å². The Morgan fingerprint density at radius 3 is 2.26 bits per heavy atom. The smallest absolute Gasteiger partial charge is 0.323 e. The second kappa shape index (κ2) is 8.08. The maximum atomic E-state index is 12.0. The number of methoxy groups -OCH3 is 2. The summed E-state index contributed by atoms with van der Waals surface area (Å²) >= 11 is 0. The Bertz CT molecular complexity index is 406. The highest BCUT2D eigenvalue weighted by Crippen LogP contribution is 2.10. The van der Waals surface area contributed by atoms with Gasteiger partial charge >= 0.3 is 11.9 Å². The largest absolute Gasteiger partial charge is 0.480 e. The van der Waals surface area contributed by atoms with Crippen LogP contribution in [0.5, 0.6) is 0 Å². The molecule has 19 heavy (non-hydrogen) atoms. The Hall–Kier alpha value is -1.19. The second-order valence-electron chi connectivity index (χ2n) is 3.74. The molecule has 0 aliphatic rings. The molecule has 0 aromatic rings. The third-order valence-electron chi connectivity index (χ3n) is 2.49. The number of esters is 1. The van der Waals surface area contributed by atoms with Gasteiger partial charge in [0, 0.05) is 20.2 Å². The van der Waals surface area contributed by atoms with Crippen molar-refractivity contribution in [2.24, 2.45) is 0 Å². The highest BCUT2D eigenvalue weighted by atomic mass is 32.2. The number of nitrogens with zero attached hydrogens (tertiary/aromatic N) is 1. The monoisotopic (exact) mass is 297 g/mol. The van der Waals surface area contributed by atoms with Crippen molar-refractivity contribution in [3.8, 4) is 0 Å². The van der Waals surface area contributed by atoms with Crippen LogP contribution in [0.3, 0.4) is 0 Å². The van der Waals surface area contributed by atoms with E-state index >= 15 is 0 Å². The Morgan fingerprint density at radius 2 is 1.84 bits per heavy atom. The number of hydrogen-bond acceptors (Lipinski definition) is 6. The average molecular weight is 297 g/mol. The molecule has 8 nitrogen and oxygen atoms in total. The van der Waals surface area contributed by atoms with Gasteiger partial charge in [-0.1, -0.05) is 0 Å². The molecule has 0 heterocycles. The van der Waals surface area contributed by atoms with Crippen LogP contribution < -0.4 is 0 Å². The summed E-state index contributed by atoms with van der Waals surface area (Å²) in [6.07, 6.45) is -0.147. The van der Waals surface area contributed by atoms with Crippen molar-refractivity contribution >= 4 is 22.0 Å². The molecular weight excluding hydrogens is 278 g/mol. The van der Waals surface area contributed by atoms with Gasteiger partial charge in [-0.15, -0.1) is 0 Å². The Kier molecular flexibility index (Phi) is 7.57. The molecule has 9 heteroatoms. The van der Waals surface area contributed by atoms with E-state index in [0.29, 0.717) is 0 Å². The summed E-state index contributed by atoms with van der Waals surface area (Å²) in [5, 5.41) is 7.21. The zero-order chi connectivity index (χ0) is 15.1. The van der Waals surface area contributed by atoms with Crippen LogP contribution in [0.4, 0.5) is 0 Å². The molecule has 112 valence electrons. The molecule has 0 saturated heterocycles. The standard InChI is InChI=1S/C10H19NO7S/c1-8(10(13)14)19(15,16)11(6-7-17-2)5-4-9(12)18-3/h8H,4-7H2,1-3H3,(H,13,14). The molecule has 0 amide bonds. The van der Waals surface area contributed by atoms with E-state index in [0.717, 1.165) is 11.2 Å². The third kappa shape index (κ3) is 5.53. The van der Waals surface area contributed by atoms with Crippen molar-refractivity contribution in [1.29, 1.82) is 0 Å². The molecule has 0 spiro atoms. The van der Waals surface area contributed by atoms with E-state index in [1.54, 1.807) is 0 Å². The molecule has 0 aliphatic carbocycles. The molecule has 0 bridgehead atoms. The maximum Gasteiger partial charge on any atom is 0.323 e. The Morgan fingerprint density at radius 1 is 1.26 bits per heavy atom. The summed E-state index contributed by atoms with van der Waals surface area (Å²) in [5.74, 6) is -2.01. The molecule has 1 unspecified atom stereocenters. The predicted octanol–water partition coefficient (Wildman–Crippen LogP) is -0.699. The number of carbonyl (C=O) groups is 2. The van der Waals surface area contributed by atoms with Crippen molar-refractivity contribution in [1.82, 2.24) is 4.31 Å². The maximum absolute atomic E-state index is 12.0. The molecule has 0 aromatic heterocycles. The summed E-state index contributed by atoms with van der Waals surface area (Å²) in [6, 6.07) is 0. The van der Waals surface area contributed by atoms with Crippen LogP contribution in [0.2, 0.25) is 0 Å². The first kappa shape index (κ1) is 17.8. The lowest BCUT2D eigenvalue weighted by molar-refractivity contribution is -0.140. The Labute approximate surface area is 112 Å². The molecule has 0 fully saturated rings. The van der Waals surface area contributed by atoms with Gasteiger partial charge in [-0.3, -0.25) is 9.59 Å². The molecular formula is C10H19NO7S. The number of hydrogen-bond donors (Lipinski definition) is 1. The zero-order valence-electron chi connectivity index (χ0n) is 11.2. The molecule has 0 aliphatic heterocycles. The van der Waals surface area contributed by atoms with Gasteiger partial charge in [0.2, 0.25) is 10.0 Å². The average Bonchev–Trinajstić information content (AvgIpc) is 2.36. The number of aliphatic carboxylic acids is 1. The quantitative estimate of drug-likeness (QED) is 0.560. The van der Waals surface area contributed by atoms with Crippen LogP contribution in [0.25, 0.3) is 0 Å². The summed E-state index contributed by atoms with van der Waals surface area (Å²) in [7, 11) is -1.45. The minimum Gasteiger partial charge on any atom is -0.480 e. The molecule has 0 saturated carbocycles. The van der Waals surface area contributed by atoms with E-state index < -0.39 is 27.2 Å². The van der Waals surface area contributed by atoms with Crippen LogP contribution >= 0.6 is 0 Å². The lowest BCUT2D eigenvalue weighted by atomic mass is 10.4. The topological polar surface area (TPSA) is 110 Å². The first-order chi connectivity index (χ1) is 8.77. The number of carbonyl (C=O) groups excluding carboxylic acids is 1. The van der Waals surface area contributed by atoms with E-state index in [-0.39, 0.29) is 26.1 Å². The van der Waals surface area contributed by atoms with Gasteiger partial charge in [0.15, 0.2) is 5.25 Å². The minimum atomic E-state index is -4.03. The first-order valence-electron chi connectivity index (χ1n) is 5.54. The summed E-state index contributed by atoms with van der Waals surface area (Å²) in [5.41, 5.74) is 0. The fraction of sp³-hybridized carbons (Fsp3) is 0.800. The van der Waals surface area contributed by atoms with Gasteiger partial charge in [-0.2, -0.15) is 4.31 Å². The summed E-state index contributed by atoms with van der Waals surface area (Å²) < 4.78 is 34.1. The van der Waals surface area contributed by atoms with E-state index in [9.17, 15) is 18.0 Å². The SMILES string of the molecule is COCCN(CCC(=O)OC)S(=O)(=O)C(C)C(=O)O. The number of carboxylic acids is 1. The van der Waals surface area contributed by atoms with Crippen LogP contribution in [0.15, 0.2) is 0 Å². The Balaban J connectivity index is 4.91. The molecule has 0 radical (unpaired) electrons. The number of sulfonamides is 1. The summed E-state index contributed by atoms with van der Waals surface area (Å²) in [6.45, 7) is 1.02. The van der Waals surface area contributed by atoms with Crippen molar-refractivity contribution in [2.45, 2.75) is 18.6 Å². The number of rotatable bonds is 9. The van der Waals surface area contributed by atoms with Gasteiger partial charge in [-0.25, -0.2) is 8.42 Å². The zero-order valence-corrected chi connectivity index (χ0v) is 12.0. The fourth-order valence-electron chi connectivity index (χ4n) is 1.23. The molecule has 1 N–H and O–H groups in total. The van der Waals surface area contributed by atoms with Crippen LogP contribution in [0, 0.1) is 0 Å². The van der Waals surface area contributed by atoms with Crippen molar-refractivity contribution in [3.05, 3.63) is 0 Å². The second-order valence-corrected chi connectivity index (χ2v) is 6.00. The highest BCUT2D eigenvalue weighted by molar-refractivity contribution is 7.90. The third-order valence-corrected chi connectivity index (χ3v) is 4.67. The van der Waals surface area contributed by atoms with Crippen LogP contribution in [-0.2, 0) is 29.1 Å². The normalized spacial score (nSPS) is 13.3. The fourth-order valence-corrected chi connectivity index (χ4v) is 2.61. The van der Waals surface area contributed by atoms with Gasteiger partial charge < -0.3 is 14.6 Å². The van der Waals surface area contributed by atoms with Gasteiger partial charge in [0.25, 0.3) is 0 Å². The van der Waals surface area contributed by atoms with E-state index in [1.807, 2.05) is 0 Å². The molecule has 1 atom stereocenters. The van der Waals surface area contributed by atoms with Crippen molar-refractivity contribution in [3.63, 3.8) is 0 Å². The summed E-state index contributed by atoms with van der Waals surface area (Å²) in [4.78, 5) is 21.8. The van der Waals surface area contributed by atoms with E-state index in [1.165, 1.54) is 14.2 Å². The number of ether oxygens (including phenoxy) is 2. The van der Waals surface area contributed by atoms with E-state index in [2.05, 4.69) is 4.74 Å². The molecule has 0 aromatic carbocycles. The lowest BCUT2D eigenvalue weighted by Crippen LogP contribution is -2.43. The van der Waals surface area contributed by atoms with E-state index in [4.69, 9.17) is 9.84 Å². The first-order valence-corrected chi connectivity index (χ1v) is 7.05. The lowest BCUT2D eigenvalue weighted by Gasteiger charge is -2.23. The van der Waals surface area contributed by atoms with Crippen molar-refractivity contribution < 1.29 is 32.6 Å². The van der Waals surface area contributed by atoms with Crippen LogP contribution in [-0.4, -0.2) is 68.9 Å². The molecule has 0 rings (SSSR count). The van der Waals surface area contributed by atoms with Gasteiger partial charge in [0.1, 0.15) is 0 Å². The van der Waals surface area contributed by atoms with Crippen molar-refractivity contribution in [2.75, 3.05) is 33.9 Å². The number of carboxylic acid groups (broad SMARTS) is 1. The minimum absolute atomic E-state index is 0.0204. The predicted molar refractivity (Wildman–Crippen MR) is 66.1 cm³/mol.